The maximum absolute atomic E-state index is 15.4. The molecule has 15 nitrogen and oxygen atoms in total. The van der Waals surface area contributed by atoms with Crippen LogP contribution in [0.1, 0.15) is 68.5 Å². The number of carboxylic acid groups (broad SMARTS) is 1. The highest BCUT2D eigenvalue weighted by molar-refractivity contribution is 8.00. The van der Waals surface area contributed by atoms with E-state index in [9.17, 15) is 38.3 Å². The van der Waals surface area contributed by atoms with Crippen LogP contribution in [0, 0.1) is 17.0 Å². The van der Waals surface area contributed by atoms with Crippen LogP contribution < -0.4 is 16.0 Å². The maximum atomic E-state index is 15.4. The number of amides is 4. The summed E-state index contributed by atoms with van der Waals surface area (Å²) in [6.45, 7) is 13.1. The van der Waals surface area contributed by atoms with E-state index in [0.29, 0.717) is 35.3 Å². The number of alkyl carbamates (subject to hydrolysis) is 2. The van der Waals surface area contributed by atoms with Crippen LogP contribution in [0.25, 0.3) is 11.1 Å². The first-order valence-electron chi connectivity index (χ1n) is 24.8. The van der Waals surface area contributed by atoms with Crippen LogP contribution in [0.3, 0.4) is 0 Å². The van der Waals surface area contributed by atoms with Crippen LogP contribution >= 0.6 is 11.8 Å². The molecule has 402 valence electrons. The zero-order chi connectivity index (χ0) is 54.5. The largest absolute Gasteiger partial charge is 0.480 e. The molecule has 75 heavy (non-hydrogen) atoms. The van der Waals surface area contributed by atoms with Crippen molar-refractivity contribution < 1.29 is 56.9 Å². The van der Waals surface area contributed by atoms with Crippen molar-refractivity contribution in [2.24, 2.45) is 5.41 Å². The molecule has 4 amide bonds. The molecule has 5 aromatic rings. The molecule has 1 heterocycles. The van der Waals surface area contributed by atoms with Gasteiger partial charge in [-0.05, 0) is 65.3 Å². The molecule has 0 fully saturated rings. The summed E-state index contributed by atoms with van der Waals surface area (Å²) in [5.74, 6) is -5.03. The van der Waals surface area contributed by atoms with Gasteiger partial charge in [0.05, 0.1) is 18.4 Å². The summed E-state index contributed by atoms with van der Waals surface area (Å²) in [6, 6.07) is 29.6. The van der Waals surface area contributed by atoms with Crippen molar-refractivity contribution in [2.45, 2.75) is 104 Å². The summed E-state index contributed by atoms with van der Waals surface area (Å²) >= 11 is 0.986. The van der Waals surface area contributed by atoms with E-state index in [1.165, 1.54) is 0 Å². The number of thioether (sulfide) groups is 1. The van der Waals surface area contributed by atoms with Crippen molar-refractivity contribution in [3.05, 3.63) is 155 Å². The molecule has 0 aliphatic rings. The molecule has 0 saturated heterocycles. The minimum absolute atomic E-state index is 0.0406. The minimum atomic E-state index is -1.46. The molecule has 4 N–H and O–H groups in total. The number of halogens is 2. The minimum Gasteiger partial charge on any atom is -0.480 e. The predicted octanol–water partition coefficient (Wildman–Crippen LogP) is 9.97. The molecule has 4 aromatic carbocycles. The van der Waals surface area contributed by atoms with E-state index >= 15 is 4.39 Å². The molecule has 0 aliphatic heterocycles. The highest BCUT2D eigenvalue weighted by Crippen LogP contribution is 2.41. The number of hydrogen-bond donors (Lipinski definition) is 4. The molecule has 3 atom stereocenters. The van der Waals surface area contributed by atoms with Gasteiger partial charge in [-0.2, -0.15) is 0 Å². The van der Waals surface area contributed by atoms with Gasteiger partial charge in [-0.3, -0.25) is 9.59 Å². The number of benzene rings is 4. The lowest BCUT2D eigenvalue weighted by molar-refractivity contribution is -0.148. The van der Waals surface area contributed by atoms with E-state index in [0.717, 1.165) is 41.6 Å². The summed E-state index contributed by atoms with van der Waals surface area (Å²) in [5, 5.41) is 18.0. The number of esters is 1. The van der Waals surface area contributed by atoms with E-state index in [-0.39, 0.29) is 68.7 Å². The van der Waals surface area contributed by atoms with Gasteiger partial charge in [0.15, 0.2) is 0 Å². The molecule has 19 heteroatoms. The second-order valence-electron chi connectivity index (χ2n) is 20.3. The normalized spacial score (nSPS) is 12.6. The number of nitrogens with zero attached hydrogens (tertiary/aromatic N) is 2. The number of aromatic nitrogens is 1. The average molecular weight is 1070 g/mol. The molecular weight excluding hydrogens is 1000 g/mol. The molecule has 0 saturated carbocycles. The van der Waals surface area contributed by atoms with Gasteiger partial charge in [-0.1, -0.05) is 131 Å². The van der Waals surface area contributed by atoms with Crippen LogP contribution in [0.5, 0.6) is 0 Å². The fourth-order valence-corrected chi connectivity index (χ4v) is 9.63. The van der Waals surface area contributed by atoms with Gasteiger partial charge in [0.2, 0.25) is 11.8 Å². The Kier molecular flexibility index (Phi) is 22.5. The Bertz CT molecular complexity index is 2670. The van der Waals surface area contributed by atoms with Crippen LogP contribution in [-0.4, -0.2) is 102 Å². The van der Waals surface area contributed by atoms with E-state index < -0.39 is 73.3 Å². The maximum Gasteiger partial charge on any atom is 0.408 e. The van der Waals surface area contributed by atoms with Crippen LogP contribution in [0.4, 0.5) is 18.4 Å². The third-order valence-corrected chi connectivity index (χ3v) is 14.6. The van der Waals surface area contributed by atoms with Crippen LogP contribution in [0.15, 0.2) is 121 Å². The molecule has 0 radical (unpaired) electrons. The number of carbonyl (C=O) groups is 6. The first kappa shape index (κ1) is 58.9. The monoisotopic (exact) mass is 1070 g/mol. The van der Waals surface area contributed by atoms with Gasteiger partial charge in [0.25, 0.3) is 0 Å². The Hall–Kier alpha value is -6.99. The number of carboxylic acids is 1. The lowest BCUT2D eigenvalue weighted by atomic mass is 9.83. The lowest BCUT2D eigenvalue weighted by Crippen LogP contribution is -2.46. The second kappa shape index (κ2) is 28.6. The summed E-state index contributed by atoms with van der Waals surface area (Å²) in [7, 11) is -1.46. The number of nitrogens with one attached hydrogen (secondary N) is 3. The molecule has 0 aliphatic carbocycles. The van der Waals surface area contributed by atoms with Crippen LogP contribution in [-0.2, 0) is 53.1 Å². The van der Waals surface area contributed by atoms with Gasteiger partial charge in [0.1, 0.15) is 36.9 Å². The van der Waals surface area contributed by atoms with Crippen molar-refractivity contribution >= 4 is 55.8 Å². The van der Waals surface area contributed by atoms with Gasteiger partial charge in [0, 0.05) is 62.9 Å². The second-order valence-corrected chi connectivity index (χ2v) is 27.0. The zero-order valence-corrected chi connectivity index (χ0v) is 45.3. The van der Waals surface area contributed by atoms with Gasteiger partial charge in [-0.15, -0.1) is 11.8 Å². The smallest absolute Gasteiger partial charge is 0.408 e. The summed E-state index contributed by atoms with van der Waals surface area (Å²) in [6.07, 6.45) is -0.118. The van der Waals surface area contributed by atoms with Crippen LogP contribution in [0.2, 0.25) is 25.7 Å². The fraction of sp³-hybridized carbons (Fsp3) is 0.393. The van der Waals surface area contributed by atoms with Gasteiger partial charge in [-0.25, -0.2) is 28.0 Å². The topological polar surface area (TPSA) is 195 Å². The Morgan fingerprint density at radius 3 is 1.97 bits per heavy atom. The Balaban J connectivity index is 1.32. The quantitative estimate of drug-likeness (QED) is 0.0169. The van der Waals surface area contributed by atoms with Crippen molar-refractivity contribution in [1.29, 1.82) is 0 Å². The number of rotatable bonds is 27. The fourth-order valence-electron chi connectivity index (χ4n) is 8.00. The number of carbonyl (C=O) groups excluding carboxylic acids is 5. The molecule has 3 unspecified atom stereocenters. The molecular formula is C56H69F2N5O10SSi. The zero-order valence-electron chi connectivity index (χ0n) is 43.4. The molecule has 0 spiro atoms. The number of hydrogen-bond acceptors (Lipinski definition) is 10. The van der Waals surface area contributed by atoms with Crippen molar-refractivity contribution in [2.75, 3.05) is 31.2 Å². The van der Waals surface area contributed by atoms with Gasteiger partial charge >= 0.3 is 24.1 Å². The van der Waals surface area contributed by atoms with Crippen molar-refractivity contribution in [3.63, 3.8) is 0 Å². The molecule has 1 aromatic heterocycles. The molecule has 0 bridgehead atoms. The molecule has 5 rings (SSSR count). The number of ether oxygens (including phenoxy) is 3. The van der Waals surface area contributed by atoms with Crippen molar-refractivity contribution in [1.82, 2.24) is 25.4 Å². The standard InChI is InChI=1S/C56H69F2N5O10SSi/c1-56(2,3)51(48-31-42(44-32-43(57)23-24-45(44)58)34-62(48)33-39-17-10-7-11-18-39)63(28-16-27-59-54(69)71-29-30-75(4,5)6)50(65)38-74-37-47(52(66)67)60-49(64)26-25-46(53(68)72-35-40-19-12-8-13-20-40)61-55(70)73-36-41-21-14-9-15-22-41/h7-15,17-24,31-32,34,46-47,51H,16,25-30,33,35-38H2,1-6H3,(H,59,69)(H,60,64)(H,61,70)(H,66,67). The third kappa shape index (κ3) is 20.0. The summed E-state index contributed by atoms with van der Waals surface area (Å²) in [4.78, 5) is 81.2. The Morgan fingerprint density at radius 1 is 0.760 bits per heavy atom. The summed E-state index contributed by atoms with van der Waals surface area (Å²) < 4.78 is 48.2. The first-order valence-corrected chi connectivity index (χ1v) is 29.7. The predicted molar refractivity (Wildman–Crippen MR) is 287 cm³/mol. The highest BCUT2D eigenvalue weighted by Gasteiger charge is 2.37. The third-order valence-electron chi connectivity index (χ3n) is 11.8. The average Bonchev–Trinajstić information content (AvgIpc) is 3.77. The van der Waals surface area contributed by atoms with E-state index in [1.807, 2.05) is 61.7 Å². The van der Waals surface area contributed by atoms with E-state index in [2.05, 4.69) is 35.6 Å². The summed E-state index contributed by atoms with van der Waals surface area (Å²) in [5.41, 5.74) is 2.68. The van der Waals surface area contributed by atoms with E-state index in [4.69, 9.17) is 14.2 Å². The number of aliphatic carboxylic acids is 1. The van der Waals surface area contributed by atoms with E-state index in [1.54, 1.807) is 71.8 Å². The highest BCUT2D eigenvalue weighted by atomic mass is 32.2. The first-order chi connectivity index (χ1) is 35.7. The SMILES string of the molecule is CC(C)(C)C(c1cc(-c2cc(F)ccc2F)cn1Cc1ccccc1)N(CCCNC(=O)OCC[Si](C)(C)C)C(=O)CSCC(NC(=O)CCC(NC(=O)OCc1ccccc1)C(=O)OCc1ccccc1)C(=O)O. The van der Waals surface area contributed by atoms with Gasteiger partial charge < -0.3 is 44.7 Å². The van der Waals surface area contributed by atoms with Crippen molar-refractivity contribution in [3.8, 4) is 11.1 Å². The lowest BCUT2D eigenvalue weighted by Gasteiger charge is -2.41. The Morgan fingerprint density at radius 2 is 1.37 bits per heavy atom. The Labute approximate surface area is 443 Å².